The number of nitrogens with one attached hydrogen (secondary N) is 1. The van der Waals surface area contributed by atoms with Crippen LogP contribution in [0.5, 0.6) is 0 Å². The largest absolute Gasteiger partial charge is 0.480 e. The van der Waals surface area contributed by atoms with Crippen molar-refractivity contribution in [1.29, 1.82) is 0 Å². The minimum absolute atomic E-state index is 0.148. The topological polar surface area (TPSA) is 86.7 Å². The number of fused-ring (bicyclic) bond motifs is 3. The number of carboxylic acids is 1. The van der Waals surface area contributed by atoms with Gasteiger partial charge in [-0.15, -0.1) is 11.8 Å². The first-order valence-corrected chi connectivity index (χ1v) is 9.01. The van der Waals surface area contributed by atoms with E-state index in [1.807, 2.05) is 32.0 Å². The number of hydrogen-bond donors (Lipinski definition) is 2. The smallest absolute Gasteiger partial charge is 0.326 e. The molecule has 2 amide bonds. The van der Waals surface area contributed by atoms with E-state index in [9.17, 15) is 19.5 Å². The summed E-state index contributed by atoms with van der Waals surface area (Å²) in [6, 6.07) is 5.80. The van der Waals surface area contributed by atoms with Gasteiger partial charge in [-0.25, -0.2) is 4.79 Å². The Bertz CT molecular complexity index is 691. The van der Waals surface area contributed by atoms with Crippen LogP contribution in [0.2, 0.25) is 0 Å². The number of carboxylic acid groups (broad SMARTS) is 1. The molecule has 0 aliphatic carbocycles. The fraction of sp³-hybridized carbons (Fsp3) is 0.471. The maximum atomic E-state index is 12.6. The van der Waals surface area contributed by atoms with Gasteiger partial charge in [-0.05, 0) is 24.0 Å². The molecule has 0 saturated carbocycles. The van der Waals surface area contributed by atoms with Crippen molar-refractivity contribution in [2.24, 2.45) is 5.92 Å². The Labute approximate surface area is 144 Å². The van der Waals surface area contributed by atoms with Crippen molar-refractivity contribution >= 4 is 29.5 Å². The van der Waals surface area contributed by atoms with E-state index in [-0.39, 0.29) is 23.1 Å². The van der Waals surface area contributed by atoms with E-state index in [4.69, 9.17) is 0 Å². The normalized spacial score (nSPS) is 23.1. The minimum atomic E-state index is -1.05. The molecule has 1 aromatic carbocycles. The number of nitrogens with zero attached hydrogens (tertiary/aromatic N) is 1. The number of rotatable bonds is 5. The number of aliphatic carboxylic acids is 1. The van der Waals surface area contributed by atoms with Crippen LogP contribution < -0.4 is 5.32 Å². The second-order valence-corrected chi connectivity index (χ2v) is 7.64. The van der Waals surface area contributed by atoms with Crippen molar-refractivity contribution in [3.63, 3.8) is 0 Å². The Morgan fingerprint density at radius 3 is 2.75 bits per heavy atom. The summed E-state index contributed by atoms with van der Waals surface area (Å²) in [5.74, 6) is -0.967. The molecule has 0 radical (unpaired) electrons. The SMILES string of the molecule is CC(C)C[C@@H](NC(=O)[C@H]1CS[C@@H]2c3ccccc3C(=O)N12)C(=O)O. The molecule has 0 spiro atoms. The summed E-state index contributed by atoms with van der Waals surface area (Å²) in [5, 5.41) is 11.7. The third kappa shape index (κ3) is 2.88. The van der Waals surface area contributed by atoms with Crippen molar-refractivity contribution in [2.75, 3.05) is 5.75 Å². The van der Waals surface area contributed by atoms with Gasteiger partial charge in [0.2, 0.25) is 5.91 Å². The van der Waals surface area contributed by atoms with Crippen LogP contribution in [-0.2, 0) is 9.59 Å². The highest BCUT2D eigenvalue weighted by atomic mass is 32.2. The van der Waals surface area contributed by atoms with Crippen LogP contribution in [0.4, 0.5) is 0 Å². The molecule has 2 aliphatic heterocycles. The van der Waals surface area contributed by atoms with Crippen molar-refractivity contribution < 1.29 is 19.5 Å². The lowest BCUT2D eigenvalue weighted by Gasteiger charge is -2.25. The van der Waals surface area contributed by atoms with Gasteiger partial charge in [0.15, 0.2) is 0 Å². The van der Waals surface area contributed by atoms with E-state index in [0.29, 0.717) is 17.7 Å². The molecule has 2 N–H and O–H groups in total. The van der Waals surface area contributed by atoms with Gasteiger partial charge in [-0.2, -0.15) is 0 Å². The van der Waals surface area contributed by atoms with Crippen LogP contribution in [0.3, 0.4) is 0 Å². The van der Waals surface area contributed by atoms with Crippen LogP contribution in [0.15, 0.2) is 24.3 Å². The molecule has 7 heteroatoms. The molecule has 128 valence electrons. The molecule has 24 heavy (non-hydrogen) atoms. The summed E-state index contributed by atoms with van der Waals surface area (Å²) in [6.45, 7) is 3.81. The zero-order valence-electron chi connectivity index (χ0n) is 13.6. The first-order valence-electron chi connectivity index (χ1n) is 7.96. The predicted molar refractivity (Wildman–Crippen MR) is 90.6 cm³/mol. The zero-order chi connectivity index (χ0) is 17.4. The minimum Gasteiger partial charge on any atom is -0.480 e. The van der Waals surface area contributed by atoms with Gasteiger partial charge >= 0.3 is 5.97 Å². The first-order chi connectivity index (χ1) is 11.4. The van der Waals surface area contributed by atoms with Crippen LogP contribution in [0.1, 0.15) is 41.6 Å². The van der Waals surface area contributed by atoms with Gasteiger partial charge in [0.25, 0.3) is 5.91 Å². The summed E-state index contributed by atoms with van der Waals surface area (Å²) < 4.78 is 0. The molecular weight excluding hydrogens is 328 g/mol. The Kier molecular flexibility index (Phi) is 4.54. The lowest BCUT2D eigenvalue weighted by atomic mass is 10.0. The van der Waals surface area contributed by atoms with E-state index in [2.05, 4.69) is 5.32 Å². The van der Waals surface area contributed by atoms with E-state index >= 15 is 0 Å². The lowest BCUT2D eigenvalue weighted by Crippen LogP contribution is -2.51. The third-order valence-electron chi connectivity index (χ3n) is 4.32. The van der Waals surface area contributed by atoms with Gasteiger partial charge in [-0.3, -0.25) is 9.59 Å². The van der Waals surface area contributed by atoms with Crippen LogP contribution >= 0.6 is 11.8 Å². The molecule has 6 nitrogen and oxygen atoms in total. The number of carbonyl (C=O) groups excluding carboxylic acids is 2. The molecule has 2 heterocycles. The second-order valence-electron chi connectivity index (χ2n) is 6.53. The Morgan fingerprint density at radius 2 is 2.08 bits per heavy atom. The molecule has 1 saturated heterocycles. The average Bonchev–Trinajstić information content (AvgIpc) is 3.07. The number of hydrogen-bond acceptors (Lipinski definition) is 4. The predicted octanol–water partition coefficient (Wildman–Crippen LogP) is 1.87. The fourth-order valence-corrected chi connectivity index (χ4v) is 4.67. The fourth-order valence-electron chi connectivity index (χ4n) is 3.20. The summed E-state index contributed by atoms with van der Waals surface area (Å²) in [4.78, 5) is 38.1. The number of carbonyl (C=O) groups is 3. The Balaban J connectivity index is 1.76. The molecule has 0 bridgehead atoms. The zero-order valence-corrected chi connectivity index (χ0v) is 14.4. The molecule has 3 rings (SSSR count). The molecule has 1 fully saturated rings. The summed E-state index contributed by atoms with van der Waals surface area (Å²) in [5.41, 5.74) is 1.56. The maximum Gasteiger partial charge on any atom is 0.326 e. The number of amides is 2. The molecule has 0 aromatic heterocycles. The van der Waals surface area contributed by atoms with E-state index < -0.39 is 18.1 Å². The Hall–Kier alpha value is -2.02. The van der Waals surface area contributed by atoms with Gasteiger partial charge < -0.3 is 15.3 Å². The molecule has 2 aliphatic rings. The van der Waals surface area contributed by atoms with E-state index in [0.717, 1.165) is 5.56 Å². The summed E-state index contributed by atoms with van der Waals surface area (Å²) in [7, 11) is 0. The van der Waals surface area contributed by atoms with Gasteiger partial charge in [0.1, 0.15) is 17.5 Å². The first kappa shape index (κ1) is 16.8. The highest BCUT2D eigenvalue weighted by Crippen LogP contribution is 2.48. The highest BCUT2D eigenvalue weighted by Gasteiger charge is 2.48. The standard InChI is InChI=1S/C17H20N2O4S/c1-9(2)7-12(17(22)23)18-14(20)13-8-24-16-11-6-4-3-5-10(11)15(21)19(13)16/h3-6,9,12-13,16H,7-8H2,1-2H3,(H,18,20)(H,22,23)/t12-,13-,16-/m1/s1. The number of benzene rings is 1. The maximum absolute atomic E-state index is 12.6. The van der Waals surface area contributed by atoms with Gasteiger partial charge in [0.05, 0.1) is 0 Å². The Morgan fingerprint density at radius 1 is 1.38 bits per heavy atom. The highest BCUT2D eigenvalue weighted by molar-refractivity contribution is 7.99. The summed E-state index contributed by atoms with van der Waals surface area (Å²) >= 11 is 1.54. The molecular formula is C17H20N2O4S. The lowest BCUT2D eigenvalue weighted by molar-refractivity contribution is -0.142. The monoisotopic (exact) mass is 348 g/mol. The molecule has 3 atom stereocenters. The van der Waals surface area contributed by atoms with Gasteiger partial charge in [-0.1, -0.05) is 32.0 Å². The van der Waals surface area contributed by atoms with Crippen molar-refractivity contribution in [2.45, 2.75) is 37.7 Å². The molecule has 0 unspecified atom stereocenters. The second kappa shape index (κ2) is 6.47. The van der Waals surface area contributed by atoms with Crippen LogP contribution in [-0.4, -0.2) is 45.6 Å². The summed E-state index contributed by atoms with van der Waals surface area (Å²) in [6.07, 6.45) is 0.360. The third-order valence-corrected chi connectivity index (χ3v) is 5.62. The van der Waals surface area contributed by atoms with Crippen molar-refractivity contribution in [3.8, 4) is 0 Å². The van der Waals surface area contributed by atoms with Crippen LogP contribution in [0, 0.1) is 5.92 Å². The van der Waals surface area contributed by atoms with E-state index in [1.54, 1.807) is 22.7 Å². The van der Waals surface area contributed by atoms with Crippen molar-refractivity contribution in [3.05, 3.63) is 35.4 Å². The van der Waals surface area contributed by atoms with Crippen LogP contribution in [0.25, 0.3) is 0 Å². The van der Waals surface area contributed by atoms with E-state index in [1.165, 1.54) is 0 Å². The molecule has 1 aromatic rings. The van der Waals surface area contributed by atoms with Gasteiger partial charge in [0, 0.05) is 11.3 Å². The quantitative estimate of drug-likeness (QED) is 0.848. The van der Waals surface area contributed by atoms with Crippen molar-refractivity contribution in [1.82, 2.24) is 10.2 Å². The number of thioether (sulfide) groups is 1. The average molecular weight is 348 g/mol.